The predicted octanol–water partition coefficient (Wildman–Crippen LogP) is 4.46. The van der Waals surface area contributed by atoms with Crippen LogP contribution >= 0.6 is 0 Å². The van der Waals surface area contributed by atoms with Crippen molar-refractivity contribution in [3.8, 4) is 0 Å². The Morgan fingerprint density at radius 3 is 2.72 bits per heavy atom. The van der Waals surface area contributed by atoms with Gasteiger partial charge in [-0.15, -0.1) is 0 Å². The fourth-order valence-corrected chi connectivity index (χ4v) is 4.03. The molecule has 0 unspecified atom stereocenters. The number of ether oxygens (including phenoxy) is 2. The second-order valence-electron chi connectivity index (χ2n) is 8.35. The summed E-state index contributed by atoms with van der Waals surface area (Å²) in [5, 5.41) is 3.22. The van der Waals surface area contributed by atoms with Crippen LogP contribution in [0.5, 0.6) is 0 Å². The van der Waals surface area contributed by atoms with E-state index >= 15 is 0 Å². The van der Waals surface area contributed by atoms with Crippen molar-refractivity contribution in [2.45, 2.75) is 84.0 Å². The molecule has 0 aromatic carbocycles. The normalized spacial score (nSPS) is 19.8. The van der Waals surface area contributed by atoms with E-state index in [2.05, 4.69) is 32.2 Å². The molecule has 1 saturated carbocycles. The average molecular weight is 402 g/mol. The van der Waals surface area contributed by atoms with Gasteiger partial charge in [-0.1, -0.05) is 27.2 Å². The van der Waals surface area contributed by atoms with E-state index in [1.165, 1.54) is 0 Å². The highest BCUT2D eigenvalue weighted by atomic mass is 16.5. The standard InChI is InChI=1S/C23H35N3O3/c1-5-6-13-29-19-9-7-17(8-10-19)25-23(27)20-11-12-26-21(16(2)3)14-18(15-28-4)24-22(20)26/h11-12,14,16-17,19H,5-10,13,15H2,1-4H3,(H,25,27). The molecule has 2 aromatic heterocycles. The van der Waals surface area contributed by atoms with Crippen molar-refractivity contribution >= 4 is 11.6 Å². The maximum Gasteiger partial charge on any atom is 0.255 e. The molecule has 0 aliphatic heterocycles. The number of fused-ring (bicyclic) bond motifs is 1. The highest BCUT2D eigenvalue weighted by Crippen LogP contribution is 2.24. The lowest BCUT2D eigenvalue weighted by atomic mass is 9.92. The van der Waals surface area contributed by atoms with Gasteiger partial charge in [0.05, 0.1) is 24.0 Å². The van der Waals surface area contributed by atoms with Crippen LogP contribution in [0.3, 0.4) is 0 Å². The van der Waals surface area contributed by atoms with Crippen molar-refractivity contribution in [3.05, 3.63) is 35.3 Å². The Bertz CT molecular complexity index is 807. The molecule has 3 rings (SSSR count). The minimum atomic E-state index is -0.0420. The van der Waals surface area contributed by atoms with Crippen molar-refractivity contribution in [2.75, 3.05) is 13.7 Å². The highest BCUT2D eigenvalue weighted by Gasteiger charge is 2.24. The lowest BCUT2D eigenvalue weighted by Gasteiger charge is -2.29. The van der Waals surface area contributed by atoms with E-state index in [0.717, 1.165) is 56.5 Å². The number of hydrogen-bond donors (Lipinski definition) is 1. The van der Waals surface area contributed by atoms with E-state index in [0.29, 0.717) is 29.8 Å². The summed E-state index contributed by atoms with van der Waals surface area (Å²) in [5.74, 6) is 0.280. The summed E-state index contributed by atoms with van der Waals surface area (Å²) in [4.78, 5) is 17.7. The molecule has 0 bridgehead atoms. The molecule has 0 saturated heterocycles. The summed E-state index contributed by atoms with van der Waals surface area (Å²) in [6.45, 7) is 7.75. The Balaban J connectivity index is 1.68. The van der Waals surface area contributed by atoms with Gasteiger partial charge in [0, 0.05) is 31.6 Å². The second kappa shape index (κ2) is 10.2. The van der Waals surface area contributed by atoms with Crippen LogP contribution in [0.25, 0.3) is 5.65 Å². The predicted molar refractivity (Wildman–Crippen MR) is 114 cm³/mol. The molecule has 1 aliphatic rings. The molecular weight excluding hydrogens is 366 g/mol. The Hall–Kier alpha value is -1.92. The largest absolute Gasteiger partial charge is 0.378 e. The first-order valence-electron chi connectivity index (χ1n) is 11.0. The molecule has 1 aliphatic carbocycles. The fourth-order valence-electron chi connectivity index (χ4n) is 4.03. The number of nitrogens with one attached hydrogen (secondary N) is 1. The van der Waals surface area contributed by atoms with Gasteiger partial charge in [0.25, 0.3) is 5.91 Å². The van der Waals surface area contributed by atoms with Gasteiger partial charge in [-0.2, -0.15) is 0 Å². The number of methoxy groups -OCH3 is 1. The van der Waals surface area contributed by atoms with E-state index in [-0.39, 0.29) is 11.9 Å². The molecule has 0 spiro atoms. The summed E-state index contributed by atoms with van der Waals surface area (Å²) >= 11 is 0. The zero-order valence-corrected chi connectivity index (χ0v) is 18.2. The zero-order chi connectivity index (χ0) is 20.8. The number of carbonyl (C=O) groups excluding carboxylic acids is 1. The molecule has 2 aromatic rings. The van der Waals surface area contributed by atoms with Gasteiger partial charge in [-0.25, -0.2) is 4.98 Å². The van der Waals surface area contributed by atoms with Crippen LogP contribution in [0.4, 0.5) is 0 Å². The topological polar surface area (TPSA) is 64.9 Å². The lowest BCUT2D eigenvalue weighted by molar-refractivity contribution is 0.0209. The number of aromatic nitrogens is 2. The van der Waals surface area contributed by atoms with Crippen molar-refractivity contribution in [2.24, 2.45) is 0 Å². The third-order valence-electron chi connectivity index (χ3n) is 5.69. The van der Waals surface area contributed by atoms with Crippen LogP contribution in [0, 0.1) is 0 Å². The van der Waals surface area contributed by atoms with Gasteiger partial charge in [-0.05, 0) is 50.2 Å². The van der Waals surface area contributed by atoms with E-state index < -0.39 is 0 Å². The summed E-state index contributed by atoms with van der Waals surface area (Å²) in [7, 11) is 1.66. The van der Waals surface area contributed by atoms with E-state index in [1.54, 1.807) is 7.11 Å². The Kier molecular flexibility index (Phi) is 7.67. The monoisotopic (exact) mass is 401 g/mol. The van der Waals surface area contributed by atoms with Crippen LogP contribution in [0.1, 0.15) is 87.0 Å². The van der Waals surface area contributed by atoms with Crippen LogP contribution in [0.15, 0.2) is 18.3 Å². The molecule has 29 heavy (non-hydrogen) atoms. The number of nitrogens with zero attached hydrogens (tertiary/aromatic N) is 2. The third kappa shape index (κ3) is 5.37. The molecule has 0 atom stereocenters. The first-order valence-corrected chi connectivity index (χ1v) is 11.0. The van der Waals surface area contributed by atoms with Gasteiger partial charge >= 0.3 is 0 Å². The van der Waals surface area contributed by atoms with Crippen molar-refractivity contribution in [3.63, 3.8) is 0 Å². The first kappa shape index (κ1) is 21.8. The molecular formula is C23H35N3O3. The highest BCUT2D eigenvalue weighted by molar-refractivity contribution is 6.00. The Labute approximate surface area is 174 Å². The van der Waals surface area contributed by atoms with Gasteiger partial charge in [0.15, 0.2) is 0 Å². The first-order chi connectivity index (χ1) is 14.0. The van der Waals surface area contributed by atoms with Crippen molar-refractivity contribution < 1.29 is 14.3 Å². The smallest absolute Gasteiger partial charge is 0.255 e. The number of amides is 1. The SMILES string of the molecule is CCCCOC1CCC(NC(=O)c2ccn3c(C(C)C)cc(COC)nc23)CC1. The maximum absolute atomic E-state index is 13.0. The molecule has 1 N–H and O–H groups in total. The minimum absolute atomic E-state index is 0.0420. The number of rotatable bonds is 9. The van der Waals surface area contributed by atoms with Crippen LogP contribution in [-0.4, -0.2) is 41.2 Å². The summed E-state index contributed by atoms with van der Waals surface area (Å²) in [6.07, 6.45) is 8.53. The van der Waals surface area contributed by atoms with Crippen molar-refractivity contribution in [1.82, 2.24) is 14.7 Å². The molecule has 6 nitrogen and oxygen atoms in total. The average Bonchev–Trinajstić information content (AvgIpc) is 3.13. The Morgan fingerprint density at radius 2 is 2.07 bits per heavy atom. The minimum Gasteiger partial charge on any atom is -0.378 e. The quantitative estimate of drug-likeness (QED) is 0.630. The third-order valence-corrected chi connectivity index (χ3v) is 5.69. The van der Waals surface area contributed by atoms with Gasteiger partial charge in [0.2, 0.25) is 0 Å². The van der Waals surface area contributed by atoms with Gasteiger partial charge in [-0.3, -0.25) is 4.79 Å². The molecule has 0 radical (unpaired) electrons. The van der Waals surface area contributed by atoms with Gasteiger partial charge < -0.3 is 19.2 Å². The van der Waals surface area contributed by atoms with Crippen LogP contribution in [0.2, 0.25) is 0 Å². The molecule has 1 fully saturated rings. The second-order valence-corrected chi connectivity index (χ2v) is 8.35. The molecule has 2 heterocycles. The number of hydrogen-bond acceptors (Lipinski definition) is 4. The van der Waals surface area contributed by atoms with E-state index in [4.69, 9.17) is 14.5 Å². The van der Waals surface area contributed by atoms with Crippen molar-refractivity contribution in [1.29, 1.82) is 0 Å². The van der Waals surface area contributed by atoms with Crippen LogP contribution in [-0.2, 0) is 16.1 Å². The van der Waals surface area contributed by atoms with Crippen LogP contribution < -0.4 is 5.32 Å². The summed E-state index contributed by atoms with van der Waals surface area (Å²) < 4.78 is 13.2. The zero-order valence-electron chi connectivity index (χ0n) is 18.2. The summed E-state index contributed by atoms with van der Waals surface area (Å²) in [5.41, 5.74) is 3.32. The van der Waals surface area contributed by atoms with E-state index in [1.807, 2.05) is 16.7 Å². The Morgan fingerprint density at radius 1 is 1.31 bits per heavy atom. The van der Waals surface area contributed by atoms with Gasteiger partial charge in [0.1, 0.15) is 5.65 Å². The molecule has 1 amide bonds. The number of carbonyl (C=O) groups is 1. The maximum atomic E-state index is 13.0. The fraction of sp³-hybridized carbons (Fsp3) is 0.652. The molecule has 6 heteroatoms. The van der Waals surface area contributed by atoms with E-state index in [9.17, 15) is 4.79 Å². The lowest BCUT2D eigenvalue weighted by Crippen LogP contribution is -2.39. The summed E-state index contributed by atoms with van der Waals surface area (Å²) in [6, 6.07) is 4.14. The number of unbranched alkanes of at least 4 members (excludes halogenated alkanes) is 1. The molecule has 160 valence electrons.